The summed E-state index contributed by atoms with van der Waals surface area (Å²) < 4.78 is 0. The molecule has 5 heteroatoms. The molecular weight excluding hydrogens is 256 g/mol. The van der Waals surface area contributed by atoms with Gasteiger partial charge in [-0.05, 0) is 31.0 Å². The van der Waals surface area contributed by atoms with E-state index in [0.29, 0.717) is 19.4 Å². The standard InChI is InChI=1S/C15H16N2O3/c1-10-3-2-4-11(7-10)17-9-15(8-13(17)19)6-5-12(18)16-14(15)20/h2-4,7H,5-6,8-9H2,1H3,(H,16,18,20). The van der Waals surface area contributed by atoms with Crippen molar-refractivity contribution in [2.75, 3.05) is 11.4 Å². The van der Waals surface area contributed by atoms with Gasteiger partial charge in [-0.2, -0.15) is 0 Å². The van der Waals surface area contributed by atoms with Crippen molar-refractivity contribution in [2.24, 2.45) is 5.41 Å². The van der Waals surface area contributed by atoms with E-state index in [2.05, 4.69) is 5.32 Å². The number of carbonyl (C=O) groups is 3. The molecule has 1 atom stereocenters. The molecule has 1 spiro atoms. The highest BCUT2D eigenvalue weighted by Crippen LogP contribution is 2.40. The fourth-order valence-corrected chi connectivity index (χ4v) is 2.97. The number of hydrogen-bond donors (Lipinski definition) is 1. The first-order chi connectivity index (χ1) is 9.50. The third kappa shape index (κ3) is 1.99. The highest BCUT2D eigenvalue weighted by Gasteiger charge is 2.51. The van der Waals surface area contributed by atoms with Crippen molar-refractivity contribution >= 4 is 23.4 Å². The lowest BCUT2D eigenvalue weighted by Crippen LogP contribution is -2.50. The molecule has 104 valence electrons. The predicted molar refractivity (Wildman–Crippen MR) is 73.0 cm³/mol. The van der Waals surface area contributed by atoms with Crippen LogP contribution in [0.1, 0.15) is 24.8 Å². The Bertz CT molecular complexity index is 611. The van der Waals surface area contributed by atoms with Gasteiger partial charge in [-0.3, -0.25) is 19.7 Å². The molecule has 0 saturated carbocycles. The van der Waals surface area contributed by atoms with Crippen LogP contribution in [0.25, 0.3) is 0 Å². The molecule has 20 heavy (non-hydrogen) atoms. The topological polar surface area (TPSA) is 66.5 Å². The monoisotopic (exact) mass is 272 g/mol. The van der Waals surface area contributed by atoms with E-state index in [4.69, 9.17) is 0 Å². The van der Waals surface area contributed by atoms with E-state index < -0.39 is 5.41 Å². The number of nitrogens with zero attached hydrogens (tertiary/aromatic N) is 1. The molecule has 2 saturated heterocycles. The molecule has 1 aromatic carbocycles. The second-order valence-corrected chi connectivity index (χ2v) is 5.65. The van der Waals surface area contributed by atoms with Crippen molar-refractivity contribution in [3.8, 4) is 0 Å². The van der Waals surface area contributed by atoms with Crippen LogP contribution in [0.15, 0.2) is 24.3 Å². The van der Waals surface area contributed by atoms with Crippen molar-refractivity contribution in [3.63, 3.8) is 0 Å². The van der Waals surface area contributed by atoms with Crippen LogP contribution in [-0.4, -0.2) is 24.3 Å². The van der Waals surface area contributed by atoms with Crippen LogP contribution in [0.2, 0.25) is 0 Å². The minimum atomic E-state index is -0.741. The van der Waals surface area contributed by atoms with Gasteiger partial charge in [0, 0.05) is 25.1 Å². The van der Waals surface area contributed by atoms with Gasteiger partial charge in [-0.15, -0.1) is 0 Å². The Morgan fingerprint density at radius 3 is 2.75 bits per heavy atom. The van der Waals surface area contributed by atoms with Crippen molar-refractivity contribution in [1.29, 1.82) is 0 Å². The molecule has 1 unspecified atom stereocenters. The van der Waals surface area contributed by atoms with E-state index in [1.165, 1.54) is 0 Å². The van der Waals surface area contributed by atoms with E-state index >= 15 is 0 Å². The summed E-state index contributed by atoms with van der Waals surface area (Å²) in [5.74, 6) is -0.612. The molecule has 1 aromatic rings. The maximum Gasteiger partial charge on any atom is 0.235 e. The second-order valence-electron chi connectivity index (χ2n) is 5.65. The van der Waals surface area contributed by atoms with Crippen molar-refractivity contribution in [1.82, 2.24) is 5.32 Å². The maximum atomic E-state index is 12.2. The van der Waals surface area contributed by atoms with Gasteiger partial charge in [0.25, 0.3) is 0 Å². The normalized spacial score (nSPS) is 26.2. The van der Waals surface area contributed by atoms with Crippen LogP contribution in [0.5, 0.6) is 0 Å². The zero-order chi connectivity index (χ0) is 14.3. The summed E-state index contributed by atoms with van der Waals surface area (Å²) in [4.78, 5) is 37.3. The summed E-state index contributed by atoms with van der Waals surface area (Å²) in [6.07, 6.45) is 0.937. The fourth-order valence-electron chi connectivity index (χ4n) is 2.97. The van der Waals surface area contributed by atoms with Gasteiger partial charge in [-0.1, -0.05) is 12.1 Å². The number of hydrogen-bond acceptors (Lipinski definition) is 3. The Hall–Kier alpha value is -2.17. The molecule has 0 radical (unpaired) electrons. The Labute approximate surface area is 116 Å². The summed E-state index contributed by atoms with van der Waals surface area (Å²) in [6, 6.07) is 7.66. The molecule has 0 bridgehead atoms. The van der Waals surface area contributed by atoms with Gasteiger partial charge in [0.05, 0.1) is 5.41 Å². The van der Waals surface area contributed by atoms with Crippen LogP contribution in [-0.2, 0) is 14.4 Å². The number of carbonyl (C=O) groups excluding carboxylic acids is 3. The van der Waals surface area contributed by atoms with E-state index in [0.717, 1.165) is 11.3 Å². The number of imide groups is 1. The second kappa shape index (κ2) is 4.44. The third-order valence-electron chi connectivity index (χ3n) is 4.13. The minimum absolute atomic E-state index is 0.0555. The van der Waals surface area contributed by atoms with Crippen LogP contribution < -0.4 is 10.2 Å². The quantitative estimate of drug-likeness (QED) is 0.780. The molecule has 1 N–H and O–H groups in total. The molecule has 5 nitrogen and oxygen atoms in total. The van der Waals surface area contributed by atoms with E-state index in [-0.39, 0.29) is 24.1 Å². The van der Waals surface area contributed by atoms with Gasteiger partial charge in [0.1, 0.15) is 0 Å². The zero-order valence-corrected chi connectivity index (χ0v) is 11.3. The fraction of sp³-hybridized carbons (Fsp3) is 0.400. The number of anilines is 1. The van der Waals surface area contributed by atoms with E-state index in [1.807, 2.05) is 31.2 Å². The average molecular weight is 272 g/mol. The first kappa shape index (κ1) is 12.8. The molecule has 0 aliphatic carbocycles. The Morgan fingerprint density at radius 1 is 1.25 bits per heavy atom. The van der Waals surface area contributed by atoms with Crippen LogP contribution in [0.4, 0.5) is 5.69 Å². The summed E-state index contributed by atoms with van der Waals surface area (Å²) in [5, 5.41) is 2.36. The molecular formula is C15H16N2O3. The van der Waals surface area contributed by atoms with Crippen LogP contribution in [0.3, 0.4) is 0 Å². The lowest BCUT2D eigenvalue weighted by molar-refractivity contribution is -0.142. The van der Waals surface area contributed by atoms with E-state index in [1.54, 1.807) is 4.90 Å². The summed E-state index contributed by atoms with van der Waals surface area (Å²) >= 11 is 0. The van der Waals surface area contributed by atoms with Crippen molar-refractivity contribution < 1.29 is 14.4 Å². The zero-order valence-electron chi connectivity index (χ0n) is 11.3. The van der Waals surface area contributed by atoms with Gasteiger partial charge >= 0.3 is 0 Å². The number of rotatable bonds is 1. The third-order valence-corrected chi connectivity index (χ3v) is 4.13. The summed E-state index contributed by atoms with van der Waals surface area (Å²) in [5.41, 5.74) is 1.14. The lowest BCUT2D eigenvalue weighted by Gasteiger charge is -2.30. The Kier molecular flexibility index (Phi) is 2.85. The summed E-state index contributed by atoms with van der Waals surface area (Å²) in [6.45, 7) is 2.32. The number of nitrogens with one attached hydrogen (secondary N) is 1. The molecule has 0 aromatic heterocycles. The highest BCUT2D eigenvalue weighted by molar-refractivity contribution is 6.07. The lowest BCUT2D eigenvalue weighted by atomic mass is 9.79. The number of piperidine rings is 1. The molecule has 2 aliphatic heterocycles. The first-order valence-electron chi connectivity index (χ1n) is 6.71. The van der Waals surface area contributed by atoms with Gasteiger partial charge in [-0.25, -0.2) is 0 Å². The van der Waals surface area contributed by atoms with Crippen molar-refractivity contribution in [2.45, 2.75) is 26.2 Å². The Morgan fingerprint density at radius 2 is 2.05 bits per heavy atom. The Balaban J connectivity index is 1.89. The highest BCUT2D eigenvalue weighted by atomic mass is 16.2. The van der Waals surface area contributed by atoms with Crippen LogP contribution >= 0.6 is 0 Å². The maximum absolute atomic E-state index is 12.2. The summed E-state index contributed by atoms with van der Waals surface area (Å²) in [7, 11) is 0. The van der Waals surface area contributed by atoms with Crippen LogP contribution in [0, 0.1) is 12.3 Å². The number of aryl methyl sites for hydroxylation is 1. The molecule has 2 aliphatic rings. The molecule has 3 amide bonds. The largest absolute Gasteiger partial charge is 0.311 e. The van der Waals surface area contributed by atoms with E-state index in [9.17, 15) is 14.4 Å². The molecule has 2 heterocycles. The van der Waals surface area contributed by atoms with Gasteiger partial charge < -0.3 is 4.90 Å². The molecule has 2 fully saturated rings. The predicted octanol–water partition coefficient (Wildman–Crippen LogP) is 1.15. The van der Waals surface area contributed by atoms with Gasteiger partial charge in [0.15, 0.2) is 0 Å². The minimum Gasteiger partial charge on any atom is -0.311 e. The van der Waals surface area contributed by atoms with Gasteiger partial charge in [0.2, 0.25) is 17.7 Å². The smallest absolute Gasteiger partial charge is 0.235 e. The molecule has 3 rings (SSSR count). The number of benzene rings is 1. The average Bonchev–Trinajstić information content (AvgIpc) is 2.73. The SMILES string of the molecule is Cc1cccc(N2CC3(CCC(=O)NC3=O)CC2=O)c1. The first-order valence-corrected chi connectivity index (χ1v) is 6.71. The number of amides is 3. The van der Waals surface area contributed by atoms with Crippen molar-refractivity contribution in [3.05, 3.63) is 29.8 Å².